The smallest absolute Gasteiger partial charge is 0.323 e. The zero-order valence-corrected chi connectivity index (χ0v) is 11.8. The van der Waals surface area contributed by atoms with Crippen molar-refractivity contribution in [3.8, 4) is 0 Å². The summed E-state index contributed by atoms with van der Waals surface area (Å²) in [6.45, 7) is 6.36. The number of carboxylic acid groups (broad SMARTS) is 1. The molecule has 1 saturated carbocycles. The van der Waals surface area contributed by atoms with Gasteiger partial charge >= 0.3 is 5.97 Å². The number of ether oxygens (including phenoxy) is 1. The lowest BCUT2D eigenvalue weighted by atomic mass is 9.85. The maximum absolute atomic E-state index is 11.1. The Morgan fingerprint density at radius 1 is 1.39 bits per heavy atom. The van der Waals surface area contributed by atoms with Crippen LogP contribution in [-0.2, 0) is 9.53 Å². The molecule has 0 aliphatic heterocycles. The van der Waals surface area contributed by atoms with E-state index < -0.39 is 12.0 Å². The largest absolute Gasteiger partial charge is 0.480 e. The highest BCUT2D eigenvalue weighted by Gasteiger charge is 2.27. The Morgan fingerprint density at radius 3 is 2.61 bits per heavy atom. The van der Waals surface area contributed by atoms with E-state index in [1.54, 1.807) is 0 Å². The number of carbonyl (C=O) groups is 1. The van der Waals surface area contributed by atoms with Gasteiger partial charge in [-0.1, -0.05) is 40.0 Å². The summed E-state index contributed by atoms with van der Waals surface area (Å²) in [5.74, 6) is -0.222. The SMILES string of the molecule is CCC1CCCCC1OCC(NC(C)C)C(=O)O. The van der Waals surface area contributed by atoms with Crippen LogP contribution in [0, 0.1) is 5.92 Å². The van der Waals surface area contributed by atoms with Crippen LogP contribution in [0.3, 0.4) is 0 Å². The normalized spacial score (nSPS) is 26.2. The van der Waals surface area contributed by atoms with Crippen molar-refractivity contribution in [1.82, 2.24) is 5.32 Å². The van der Waals surface area contributed by atoms with Crippen LogP contribution in [0.25, 0.3) is 0 Å². The van der Waals surface area contributed by atoms with Crippen molar-refractivity contribution < 1.29 is 14.6 Å². The van der Waals surface area contributed by atoms with Crippen molar-refractivity contribution in [3.05, 3.63) is 0 Å². The summed E-state index contributed by atoms with van der Waals surface area (Å²) < 4.78 is 5.87. The van der Waals surface area contributed by atoms with Gasteiger partial charge < -0.3 is 15.2 Å². The molecular formula is C14H27NO3. The topological polar surface area (TPSA) is 58.6 Å². The van der Waals surface area contributed by atoms with E-state index in [1.165, 1.54) is 19.3 Å². The van der Waals surface area contributed by atoms with Gasteiger partial charge in [0.15, 0.2) is 0 Å². The van der Waals surface area contributed by atoms with Crippen molar-refractivity contribution >= 4 is 5.97 Å². The second-order valence-electron chi connectivity index (χ2n) is 5.54. The van der Waals surface area contributed by atoms with Gasteiger partial charge in [-0.3, -0.25) is 4.79 Å². The molecule has 18 heavy (non-hydrogen) atoms. The molecule has 0 bridgehead atoms. The van der Waals surface area contributed by atoms with E-state index in [4.69, 9.17) is 9.84 Å². The molecule has 1 rings (SSSR count). The van der Waals surface area contributed by atoms with E-state index in [0.717, 1.165) is 12.8 Å². The van der Waals surface area contributed by atoms with E-state index in [1.807, 2.05) is 13.8 Å². The van der Waals surface area contributed by atoms with Gasteiger partial charge in [-0.05, 0) is 18.8 Å². The van der Waals surface area contributed by atoms with Crippen LogP contribution in [0.1, 0.15) is 52.9 Å². The Hall–Kier alpha value is -0.610. The molecule has 4 heteroatoms. The van der Waals surface area contributed by atoms with Crippen molar-refractivity contribution in [3.63, 3.8) is 0 Å². The fraction of sp³-hybridized carbons (Fsp3) is 0.929. The summed E-state index contributed by atoms with van der Waals surface area (Å²) >= 11 is 0. The molecule has 2 N–H and O–H groups in total. The van der Waals surface area contributed by atoms with Crippen LogP contribution in [-0.4, -0.2) is 35.9 Å². The third-order valence-electron chi connectivity index (χ3n) is 3.67. The lowest BCUT2D eigenvalue weighted by molar-refractivity contribution is -0.142. The van der Waals surface area contributed by atoms with E-state index in [9.17, 15) is 4.79 Å². The van der Waals surface area contributed by atoms with E-state index in [-0.39, 0.29) is 18.8 Å². The van der Waals surface area contributed by atoms with Gasteiger partial charge in [-0.15, -0.1) is 0 Å². The third kappa shape index (κ3) is 4.94. The Kier molecular flexibility index (Phi) is 6.65. The second-order valence-corrected chi connectivity index (χ2v) is 5.54. The maximum atomic E-state index is 11.1. The van der Waals surface area contributed by atoms with Gasteiger partial charge in [-0.25, -0.2) is 0 Å². The molecule has 0 aromatic heterocycles. The van der Waals surface area contributed by atoms with Gasteiger partial charge in [0.05, 0.1) is 12.7 Å². The van der Waals surface area contributed by atoms with Crippen molar-refractivity contribution in [2.24, 2.45) is 5.92 Å². The first-order valence-corrected chi connectivity index (χ1v) is 7.15. The first kappa shape index (κ1) is 15.4. The number of aliphatic carboxylic acids is 1. The molecule has 0 amide bonds. The molecule has 0 aromatic carbocycles. The first-order chi connectivity index (χ1) is 8.54. The van der Waals surface area contributed by atoms with Crippen LogP contribution in [0.5, 0.6) is 0 Å². The van der Waals surface area contributed by atoms with E-state index in [0.29, 0.717) is 5.92 Å². The standard InChI is InChI=1S/C14H27NO3/c1-4-11-7-5-6-8-13(11)18-9-12(14(16)17)15-10(2)3/h10-13,15H,4-9H2,1-3H3,(H,16,17). The van der Waals surface area contributed by atoms with Crippen molar-refractivity contribution in [1.29, 1.82) is 0 Å². The van der Waals surface area contributed by atoms with E-state index >= 15 is 0 Å². The fourth-order valence-electron chi connectivity index (χ4n) is 2.67. The minimum atomic E-state index is -0.826. The van der Waals surface area contributed by atoms with Gasteiger partial charge in [0.1, 0.15) is 6.04 Å². The lowest BCUT2D eigenvalue weighted by Gasteiger charge is -2.32. The molecule has 1 fully saturated rings. The molecule has 106 valence electrons. The van der Waals surface area contributed by atoms with Crippen LogP contribution >= 0.6 is 0 Å². The average Bonchev–Trinajstić information content (AvgIpc) is 2.34. The number of nitrogens with one attached hydrogen (secondary N) is 1. The third-order valence-corrected chi connectivity index (χ3v) is 3.67. The molecule has 3 unspecified atom stereocenters. The van der Waals surface area contributed by atoms with Gasteiger partial charge in [0.2, 0.25) is 0 Å². The number of hydrogen-bond donors (Lipinski definition) is 2. The first-order valence-electron chi connectivity index (χ1n) is 7.15. The Bertz CT molecular complexity index is 255. The Balaban J connectivity index is 2.42. The summed E-state index contributed by atoms with van der Waals surface area (Å²) in [5, 5.41) is 12.2. The van der Waals surface area contributed by atoms with Crippen LogP contribution < -0.4 is 5.32 Å². The molecule has 1 aliphatic rings. The quantitative estimate of drug-likeness (QED) is 0.735. The zero-order valence-electron chi connectivity index (χ0n) is 11.8. The highest BCUT2D eigenvalue weighted by atomic mass is 16.5. The maximum Gasteiger partial charge on any atom is 0.323 e. The lowest BCUT2D eigenvalue weighted by Crippen LogP contribution is -2.45. The Morgan fingerprint density at radius 2 is 2.06 bits per heavy atom. The molecule has 3 atom stereocenters. The highest BCUT2D eigenvalue weighted by molar-refractivity contribution is 5.73. The second kappa shape index (κ2) is 7.74. The predicted molar refractivity (Wildman–Crippen MR) is 71.7 cm³/mol. The van der Waals surface area contributed by atoms with Gasteiger partial charge in [-0.2, -0.15) is 0 Å². The summed E-state index contributed by atoms with van der Waals surface area (Å²) in [4.78, 5) is 11.1. The van der Waals surface area contributed by atoms with Crippen LogP contribution in [0.15, 0.2) is 0 Å². The van der Waals surface area contributed by atoms with E-state index in [2.05, 4.69) is 12.2 Å². The zero-order chi connectivity index (χ0) is 13.5. The molecule has 0 spiro atoms. The van der Waals surface area contributed by atoms with Gasteiger partial charge in [0.25, 0.3) is 0 Å². The predicted octanol–water partition coefficient (Wildman–Crippen LogP) is 2.42. The molecule has 0 aromatic rings. The summed E-state index contributed by atoms with van der Waals surface area (Å²) in [6.07, 6.45) is 6.16. The molecule has 0 saturated heterocycles. The van der Waals surface area contributed by atoms with Crippen molar-refractivity contribution in [2.75, 3.05) is 6.61 Å². The van der Waals surface area contributed by atoms with Crippen LogP contribution in [0.2, 0.25) is 0 Å². The van der Waals surface area contributed by atoms with Crippen molar-refractivity contribution in [2.45, 2.75) is 71.1 Å². The minimum Gasteiger partial charge on any atom is -0.480 e. The number of hydrogen-bond acceptors (Lipinski definition) is 3. The Labute approximate surface area is 110 Å². The fourth-order valence-corrected chi connectivity index (χ4v) is 2.67. The molecule has 0 radical (unpaired) electrons. The minimum absolute atomic E-state index is 0.156. The average molecular weight is 257 g/mol. The van der Waals surface area contributed by atoms with Crippen LogP contribution in [0.4, 0.5) is 0 Å². The number of carboxylic acids is 1. The summed E-state index contributed by atoms with van der Waals surface area (Å²) in [7, 11) is 0. The molecule has 1 aliphatic carbocycles. The van der Waals surface area contributed by atoms with Gasteiger partial charge in [0, 0.05) is 6.04 Å². The summed E-state index contributed by atoms with van der Waals surface area (Å²) in [5.41, 5.74) is 0. The molecule has 4 nitrogen and oxygen atoms in total. The summed E-state index contributed by atoms with van der Waals surface area (Å²) in [6, 6.07) is -0.438. The highest BCUT2D eigenvalue weighted by Crippen LogP contribution is 2.29. The monoisotopic (exact) mass is 257 g/mol. The number of rotatable bonds is 7. The molecular weight excluding hydrogens is 230 g/mol. The molecule has 0 heterocycles.